The first-order chi connectivity index (χ1) is 9.27. The lowest BCUT2D eigenvalue weighted by molar-refractivity contribution is 0.143. The van der Waals surface area contributed by atoms with E-state index in [2.05, 4.69) is 36.7 Å². The van der Waals surface area contributed by atoms with E-state index in [9.17, 15) is 4.39 Å². The topological polar surface area (TPSA) is 0 Å². The molecule has 0 heterocycles. The van der Waals surface area contributed by atoms with Crippen LogP contribution in [0, 0.1) is 23.1 Å². The quantitative estimate of drug-likeness (QED) is 0.550. The highest BCUT2D eigenvalue weighted by atomic mass is 79.9. The normalized spacial score (nSPS) is 27.6. The van der Waals surface area contributed by atoms with Crippen LogP contribution in [0.5, 0.6) is 0 Å². The van der Waals surface area contributed by atoms with Crippen molar-refractivity contribution < 1.29 is 4.39 Å². The van der Waals surface area contributed by atoms with Gasteiger partial charge in [-0.15, -0.1) is 11.6 Å². The zero-order valence-electron chi connectivity index (χ0n) is 12.4. The molecule has 3 unspecified atom stereocenters. The predicted molar refractivity (Wildman–Crippen MR) is 87.7 cm³/mol. The van der Waals surface area contributed by atoms with Gasteiger partial charge in [0, 0.05) is 9.85 Å². The Morgan fingerprint density at radius 1 is 1.30 bits per heavy atom. The van der Waals surface area contributed by atoms with Gasteiger partial charge in [-0.25, -0.2) is 4.39 Å². The van der Waals surface area contributed by atoms with E-state index in [4.69, 9.17) is 11.6 Å². The summed E-state index contributed by atoms with van der Waals surface area (Å²) in [7, 11) is 0. The van der Waals surface area contributed by atoms with Crippen LogP contribution in [0.3, 0.4) is 0 Å². The highest BCUT2D eigenvalue weighted by molar-refractivity contribution is 9.10. The van der Waals surface area contributed by atoms with Gasteiger partial charge in [0.15, 0.2) is 0 Å². The summed E-state index contributed by atoms with van der Waals surface area (Å²) in [5.41, 5.74) is 1.10. The molecule has 0 N–H and O–H groups in total. The minimum Gasteiger partial charge on any atom is -0.207 e. The largest absolute Gasteiger partial charge is 0.207 e. The summed E-state index contributed by atoms with van der Waals surface area (Å²) >= 11 is 9.80. The number of hydrogen-bond acceptors (Lipinski definition) is 0. The minimum atomic E-state index is -0.124. The Bertz CT molecular complexity index is 467. The van der Waals surface area contributed by atoms with Gasteiger partial charge in [-0.3, -0.25) is 0 Å². The van der Waals surface area contributed by atoms with Crippen molar-refractivity contribution in [1.29, 1.82) is 0 Å². The molecule has 1 aromatic rings. The number of alkyl halides is 1. The monoisotopic (exact) mass is 360 g/mol. The first-order valence-electron chi connectivity index (χ1n) is 7.35. The second kappa shape index (κ2) is 6.36. The summed E-state index contributed by atoms with van der Waals surface area (Å²) in [6.45, 7) is 6.89. The van der Waals surface area contributed by atoms with Crippen LogP contribution in [0.2, 0.25) is 0 Å². The lowest BCUT2D eigenvalue weighted by Crippen LogP contribution is -2.33. The number of hydrogen-bond donors (Lipinski definition) is 0. The van der Waals surface area contributed by atoms with Crippen LogP contribution in [-0.4, -0.2) is 5.38 Å². The molecule has 0 aromatic heterocycles. The fourth-order valence-corrected chi connectivity index (χ4v) is 3.85. The molecule has 1 fully saturated rings. The molecule has 3 atom stereocenters. The lowest BCUT2D eigenvalue weighted by Gasteiger charge is -2.40. The van der Waals surface area contributed by atoms with E-state index in [0.717, 1.165) is 29.3 Å². The van der Waals surface area contributed by atoms with Crippen LogP contribution in [0.15, 0.2) is 22.7 Å². The molecule has 2 rings (SSSR count). The van der Waals surface area contributed by atoms with Gasteiger partial charge >= 0.3 is 0 Å². The first kappa shape index (κ1) is 16.3. The smallest absolute Gasteiger partial charge is 0.127 e. The second-order valence-corrected chi connectivity index (χ2v) is 8.57. The Labute approximate surface area is 135 Å². The molecule has 0 aliphatic heterocycles. The van der Waals surface area contributed by atoms with Gasteiger partial charge < -0.3 is 0 Å². The molecular weight excluding hydrogens is 339 g/mol. The van der Waals surface area contributed by atoms with E-state index in [1.165, 1.54) is 6.42 Å². The molecule has 1 aliphatic carbocycles. The second-order valence-electron chi connectivity index (χ2n) is 7.09. The molecule has 20 heavy (non-hydrogen) atoms. The lowest BCUT2D eigenvalue weighted by atomic mass is 9.68. The van der Waals surface area contributed by atoms with E-state index < -0.39 is 0 Å². The Morgan fingerprint density at radius 2 is 2.00 bits per heavy atom. The summed E-state index contributed by atoms with van der Waals surface area (Å²) in [6.07, 6.45) is 4.09. The van der Waals surface area contributed by atoms with Gasteiger partial charge in [-0.1, -0.05) is 42.8 Å². The standard InChI is InChI=1S/C17H23BrClF/c1-17(2,3)13-5-7-15(19)12(9-13)8-11-4-6-14(18)10-16(11)20/h4,6,10,12-13,15H,5,7-9H2,1-3H3. The van der Waals surface area contributed by atoms with Crippen molar-refractivity contribution >= 4 is 27.5 Å². The molecular formula is C17H23BrClF. The highest BCUT2D eigenvalue weighted by Gasteiger charge is 2.35. The molecule has 1 saturated carbocycles. The minimum absolute atomic E-state index is 0.124. The molecule has 1 aromatic carbocycles. The molecule has 0 amide bonds. The van der Waals surface area contributed by atoms with Gasteiger partial charge in [-0.2, -0.15) is 0 Å². The molecule has 0 saturated heterocycles. The Balaban J connectivity index is 2.10. The number of rotatable bonds is 2. The van der Waals surface area contributed by atoms with E-state index in [0.29, 0.717) is 17.3 Å². The third-order valence-corrected chi connectivity index (χ3v) is 5.68. The van der Waals surface area contributed by atoms with Crippen LogP contribution in [0.4, 0.5) is 4.39 Å². The average molecular weight is 362 g/mol. The molecule has 112 valence electrons. The average Bonchev–Trinajstić information content (AvgIpc) is 2.33. The van der Waals surface area contributed by atoms with Crippen molar-refractivity contribution in [2.24, 2.45) is 17.3 Å². The molecule has 3 heteroatoms. The fourth-order valence-electron chi connectivity index (χ4n) is 3.19. The maximum Gasteiger partial charge on any atom is 0.127 e. The summed E-state index contributed by atoms with van der Waals surface area (Å²) < 4.78 is 14.8. The highest BCUT2D eigenvalue weighted by Crippen LogP contribution is 2.43. The SMILES string of the molecule is CC(C)(C)C1CCC(Cl)C(Cc2ccc(Br)cc2F)C1. The maximum atomic E-state index is 14.0. The van der Waals surface area contributed by atoms with Crippen molar-refractivity contribution in [2.75, 3.05) is 0 Å². The fraction of sp³-hybridized carbons (Fsp3) is 0.647. The van der Waals surface area contributed by atoms with Crippen LogP contribution < -0.4 is 0 Å². The number of halogens is 3. The zero-order valence-corrected chi connectivity index (χ0v) is 14.8. The van der Waals surface area contributed by atoms with Gasteiger partial charge in [0.05, 0.1) is 0 Å². The van der Waals surface area contributed by atoms with Crippen LogP contribution in [-0.2, 0) is 6.42 Å². The summed E-state index contributed by atoms with van der Waals surface area (Å²) in [5.74, 6) is 0.937. The Morgan fingerprint density at radius 3 is 2.60 bits per heavy atom. The predicted octanol–water partition coefficient (Wildman–Crippen LogP) is 6.20. The van der Waals surface area contributed by atoms with E-state index >= 15 is 0 Å². The Hall–Kier alpha value is -0.0800. The molecule has 0 radical (unpaired) electrons. The van der Waals surface area contributed by atoms with Gasteiger partial charge in [0.1, 0.15) is 5.82 Å². The van der Waals surface area contributed by atoms with Crippen LogP contribution in [0.1, 0.15) is 45.6 Å². The van der Waals surface area contributed by atoms with Gasteiger partial charge in [-0.05, 0) is 60.6 Å². The molecule has 0 nitrogen and oxygen atoms in total. The summed E-state index contributed by atoms with van der Waals surface area (Å²) in [6, 6.07) is 5.33. The van der Waals surface area contributed by atoms with Crippen molar-refractivity contribution in [2.45, 2.75) is 51.8 Å². The zero-order chi connectivity index (χ0) is 14.9. The summed E-state index contributed by atoms with van der Waals surface area (Å²) in [5, 5.41) is 0.177. The van der Waals surface area contributed by atoms with Crippen molar-refractivity contribution in [3.63, 3.8) is 0 Å². The van der Waals surface area contributed by atoms with E-state index in [1.54, 1.807) is 6.07 Å². The van der Waals surface area contributed by atoms with Crippen LogP contribution >= 0.6 is 27.5 Å². The summed E-state index contributed by atoms with van der Waals surface area (Å²) in [4.78, 5) is 0. The molecule has 0 spiro atoms. The Kier molecular flexibility index (Phi) is 5.18. The van der Waals surface area contributed by atoms with Crippen molar-refractivity contribution in [1.82, 2.24) is 0 Å². The first-order valence-corrected chi connectivity index (χ1v) is 8.58. The van der Waals surface area contributed by atoms with Crippen molar-refractivity contribution in [3.05, 3.63) is 34.1 Å². The molecule has 0 bridgehead atoms. The third kappa shape index (κ3) is 3.98. The number of benzene rings is 1. The van der Waals surface area contributed by atoms with E-state index in [-0.39, 0.29) is 11.2 Å². The maximum absolute atomic E-state index is 14.0. The molecule has 1 aliphatic rings. The van der Waals surface area contributed by atoms with Gasteiger partial charge in [0.25, 0.3) is 0 Å². The van der Waals surface area contributed by atoms with E-state index in [1.807, 2.05) is 12.1 Å². The van der Waals surface area contributed by atoms with Crippen molar-refractivity contribution in [3.8, 4) is 0 Å². The van der Waals surface area contributed by atoms with Crippen LogP contribution in [0.25, 0.3) is 0 Å². The third-order valence-electron chi connectivity index (χ3n) is 4.61. The van der Waals surface area contributed by atoms with Gasteiger partial charge in [0.2, 0.25) is 0 Å².